The molecule has 0 bridgehead atoms. The zero-order valence-corrected chi connectivity index (χ0v) is 12.7. The number of carboxylic acid groups (broad SMARTS) is 1. The number of primary amides is 1. The van der Waals surface area contributed by atoms with E-state index in [0.717, 1.165) is 0 Å². The normalized spacial score (nSPS) is 16.9. The number of carbonyl (C=O) groups is 3. The first-order chi connectivity index (χ1) is 10.9. The summed E-state index contributed by atoms with van der Waals surface area (Å²) in [5.74, 6) is -1.48. The number of ether oxygens (including phenoxy) is 2. The molecule has 1 fully saturated rings. The lowest BCUT2D eigenvalue weighted by atomic mass is 10.1. The molecule has 23 heavy (non-hydrogen) atoms. The smallest absolute Gasteiger partial charge is 0.326 e. The maximum absolute atomic E-state index is 12.5. The molecule has 8 heteroatoms. The van der Waals surface area contributed by atoms with Gasteiger partial charge in [-0.15, -0.1) is 0 Å². The number of hydrogen-bond donors (Lipinski definition) is 2. The standard InChI is InChI=1S/C15H18N2O6/c1-22-12-7-9(4-5-11(12)23-8-13(16)18)14(19)17-6-2-3-10(17)15(20)21/h4-5,7,10H,2-3,6,8H2,1H3,(H2,16,18)(H,20,21). The van der Waals surface area contributed by atoms with Gasteiger partial charge in [0.15, 0.2) is 18.1 Å². The van der Waals surface area contributed by atoms with Gasteiger partial charge < -0.3 is 25.2 Å². The van der Waals surface area contributed by atoms with Crippen LogP contribution in [0, 0.1) is 0 Å². The molecule has 124 valence electrons. The van der Waals surface area contributed by atoms with E-state index in [9.17, 15) is 14.4 Å². The minimum absolute atomic E-state index is 0.267. The Kier molecular flexibility index (Phi) is 5.05. The third-order valence-electron chi connectivity index (χ3n) is 3.58. The van der Waals surface area contributed by atoms with Gasteiger partial charge in [0.05, 0.1) is 7.11 Å². The van der Waals surface area contributed by atoms with Crippen LogP contribution in [-0.2, 0) is 9.59 Å². The van der Waals surface area contributed by atoms with Gasteiger partial charge in [0.1, 0.15) is 6.04 Å². The molecule has 1 heterocycles. The summed E-state index contributed by atoms with van der Waals surface area (Å²) in [5, 5.41) is 9.16. The van der Waals surface area contributed by atoms with Gasteiger partial charge in [-0.25, -0.2) is 4.79 Å². The number of likely N-dealkylation sites (tertiary alicyclic amines) is 1. The second kappa shape index (κ2) is 6.99. The van der Waals surface area contributed by atoms with E-state index in [0.29, 0.717) is 24.9 Å². The van der Waals surface area contributed by atoms with Crippen molar-refractivity contribution in [2.45, 2.75) is 18.9 Å². The molecule has 0 aromatic heterocycles. The van der Waals surface area contributed by atoms with E-state index in [1.807, 2.05) is 0 Å². The SMILES string of the molecule is COc1cc(C(=O)N2CCCC2C(=O)O)ccc1OCC(N)=O. The van der Waals surface area contributed by atoms with Crippen molar-refractivity contribution in [2.24, 2.45) is 5.73 Å². The van der Waals surface area contributed by atoms with Crippen LogP contribution < -0.4 is 15.2 Å². The second-order valence-corrected chi connectivity index (χ2v) is 5.12. The van der Waals surface area contributed by atoms with Crippen LogP contribution >= 0.6 is 0 Å². The summed E-state index contributed by atoms with van der Waals surface area (Å²) in [5.41, 5.74) is 5.31. The Bertz CT molecular complexity index is 630. The van der Waals surface area contributed by atoms with Gasteiger partial charge in [-0.2, -0.15) is 0 Å². The van der Waals surface area contributed by atoms with Gasteiger partial charge in [-0.3, -0.25) is 9.59 Å². The Labute approximate surface area is 132 Å². The Morgan fingerprint density at radius 2 is 2.09 bits per heavy atom. The topological polar surface area (TPSA) is 119 Å². The lowest BCUT2D eigenvalue weighted by Gasteiger charge is -2.22. The predicted molar refractivity (Wildman–Crippen MR) is 79.4 cm³/mol. The van der Waals surface area contributed by atoms with E-state index in [1.54, 1.807) is 0 Å². The minimum Gasteiger partial charge on any atom is -0.493 e. The number of nitrogens with zero attached hydrogens (tertiary/aromatic N) is 1. The number of amides is 2. The highest BCUT2D eigenvalue weighted by atomic mass is 16.5. The van der Waals surface area contributed by atoms with Gasteiger partial charge in [0, 0.05) is 12.1 Å². The number of methoxy groups -OCH3 is 1. The number of aliphatic carboxylic acids is 1. The van der Waals surface area contributed by atoms with Crippen LogP contribution in [0.25, 0.3) is 0 Å². The monoisotopic (exact) mass is 322 g/mol. The summed E-state index contributed by atoms with van der Waals surface area (Å²) in [6.07, 6.45) is 1.09. The lowest BCUT2D eigenvalue weighted by molar-refractivity contribution is -0.141. The fourth-order valence-electron chi connectivity index (χ4n) is 2.50. The van der Waals surface area contributed by atoms with Gasteiger partial charge >= 0.3 is 5.97 Å². The van der Waals surface area contributed by atoms with Crippen LogP contribution in [0.2, 0.25) is 0 Å². The average molecular weight is 322 g/mol. The molecule has 3 N–H and O–H groups in total. The Balaban J connectivity index is 2.21. The number of nitrogens with two attached hydrogens (primary N) is 1. The molecule has 1 atom stereocenters. The van der Waals surface area contributed by atoms with E-state index in [4.69, 9.17) is 20.3 Å². The number of rotatable bonds is 6. The summed E-state index contributed by atoms with van der Waals surface area (Å²) >= 11 is 0. The van der Waals surface area contributed by atoms with Gasteiger partial charge in [0.25, 0.3) is 11.8 Å². The van der Waals surface area contributed by atoms with Crippen molar-refractivity contribution in [3.63, 3.8) is 0 Å². The van der Waals surface area contributed by atoms with Crippen molar-refractivity contribution >= 4 is 17.8 Å². The van der Waals surface area contributed by atoms with Crippen LogP contribution in [0.4, 0.5) is 0 Å². The molecule has 8 nitrogen and oxygen atoms in total. The molecule has 1 aliphatic rings. The van der Waals surface area contributed by atoms with Crippen molar-refractivity contribution in [3.05, 3.63) is 23.8 Å². The molecule has 1 aromatic rings. The van der Waals surface area contributed by atoms with Crippen LogP contribution in [-0.4, -0.2) is 54.1 Å². The third-order valence-corrected chi connectivity index (χ3v) is 3.58. The maximum atomic E-state index is 12.5. The highest BCUT2D eigenvalue weighted by Gasteiger charge is 2.34. The highest BCUT2D eigenvalue weighted by Crippen LogP contribution is 2.29. The highest BCUT2D eigenvalue weighted by molar-refractivity contribution is 5.97. The summed E-state index contributed by atoms with van der Waals surface area (Å²) in [7, 11) is 1.40. The predicted octanol–water partition coefficient (Wildman–Crippen LogP) is 0.248. The van der Waals surface area contributed by atoms with Gasteiger partial charge in [-0.1, -0.05) is 0 Å². The number of carbonyl (C=O) groups excluding carboxylic acids is 2. The third kappa shape index (κ3) is 3.71. The Morgan fingerprint density at radius 3 is 2.70 bits per heavy atom. The van der Waals surface area contributed by atoms with E-state index < -0.39 is 17.9 Å². The molecular formula is C15H18N2O6. The van der Waals surface area contributed by atoms with Crippen molar-refractivity contribution in [1.29, 1.82) is 0 Å². The summed E-state index contributed by atoms with van der Waals surface area (Å²) < 4.78 is 10.3. The number of benzene rings is 1. The Morgan fingerprint density at radius 1 is 1.35 bits per heavy atom. The number of hydrogen-bond acceptors (Lipinski definition) is 5. The minimum atomic E-state index is -1.01. The summed E-state index contributed by atoms with van der Waals surface area (Å²) in [6.45, 7) is 0.0922. The molecule has 1 saturated heterocycles. The molecule has 2 rings (SSSR count). The maximum Gasteiger partial charge on any atom is 0.326 e. The van der Waals surface area contributed by atoms with E-state index in [2.05, 4.69) is 0 Å². The second-order valence-electron chi connectivity index (χ2n) is 5.12. The molecule has 0 saturated carbocycles. The molecule has 1 aliphatic heterocycles. The van der Waals surface area contributed by atoms with Gasteiger partial charge in [-0.05, 0) is 31.0 Å². The molecule has 0 aliphatic carbocycles. The van der Waals surface area contributed by atoms with Crippen LogP contribution in [0.5, 0.6) is 11.5 Å². The summed E-state index contributed by atoms with van der Waals surface area (Å²) in [6, 6.07) is 3.63. The number of carboxylic acids is 1. The fraction of sp³-hybridized carbons (Fsp3) is 0.400. The van der Waals surface area contributed by atoms with Crippen molar-refractivity contribution in [2.75, 3.05) is 20.3 Å². The van der Waals surface area contributed by atoms with Crippen molar-refractivity contribution in [3.8, 4) is 11.5 Å². The van der Waals surface area contributed by atoms with E-state index in [-0.39, 0.29) is 24.0 Å². The van der Waals surface area contributed by atoms with E-state index in [1.165, 1.54) is 30.2 Å². The molecule has 1 unspecified atom stereocenters. The van der Waals surface area contributed by atoms with E-state index >= 15 is 0 Å². The first kappa shape index (κ1) is 16.6. The van der Waals surface area contributed by atoms with Crippen LogP contribution in [0.1, 0.15) is 23.2 Å². The quantitative estimate of drug-likeness (QED) is 0.775. The molecule has 2 amide bonds. The summed E-state index contributed by atoms with van der Waals surface area (Å²) in [4.78, 5) is 35.8. The zero-order chi connectivity index (χ0) is 17.0. The zero-order valence-electron chi connectivity index (χ0n) is 12.7. The molecular weight excluding hydrogens is 304 g/mol. The first-order valence-electron chi connectivity index (χ1n) is 7.07. The molecule has 0 radical (unpaired) electrons. The Hall–Kier alpha value is -2.77. The van der Waals surface area contributed by atoms with Crippen LogP contribution in [0.15, 0.2) is 18.2 Å². The average Bonchev–Trinajstić information content (AvgIpc) is 3.01. The van der Waals surface area contributed by atoms with Crippen molar-refractivity contribution < 1.29 is 29.0 Å². The lowest BCUT2D eigenvalue weighted by Crippen LogP contribution is -2.40. The fourth-order valence-corrected chi connectivity index (χ4v) is 2.50. The molecule has 0 spiro atoms. The van der Waals surface area contributed by atoms with Gasteiger partial charge in [0.2, 0.25) is 0 Å². The largest absolute Gasteiger partial charge is 0.493 e. The first-order valence-corrected chi connectivity index (χ1v) is 7.07. The van der Waals surface area contributed by atoms with Crippen molar-refractivity contribution in [1.82, 2.24) is 4.90 Å². The molecule has 1 aromatic carbocycles. The van der Waals surface area contributed by atoms with Crippen LogP contribution in [0.3, 0.4) is 0 Å².